The molecule has 0 aromatic heterocycles. The monoisotopic (exact) mass is 619 g/mol. The average Bonchev–Trinajstić information content (AvgIpc) is 3.11. The smallest absolute Gasteiger partial charge is 0.113 e. The van der Waals surface area contributed by atoms with Gasteiger partial charge in [-0.2, -0.15) is 0 Å². The lowest BCUT2D eigenvalue weighted by Crippen LogP contribution is -2.10. The summed E-state index contributed by atoms with van der Waals surface area (Å²) in [6.07, 6.45) is 2.13. The summed E-state index contributed by atoms with van der Waals surface area (Å²) in [4.78, 5) is 2.36. The van der Waals surface area contributed by atoms with Crippen LogP contribution in [0, 0.1) is 13.8 Å². The van der Waals surface area contributed by atoms with Crippen molar-refractivity contribution in [2.45, 2.75) is 27.4 Å². The molecule has 0 radical (unpaired) electrons. The van der Waals surface area contributed by atoms with E-state index in [2.05, 4.69) is 176 Å². The summed E-state index contributed by atoms with van der Waals surface area (Å²) >= 11 is 0. The molecule has 8 aromatic rings. The van der Waals surface area contributed by atoms with E-state index in [1.54, 1.807) is 0 Å². The number of benzene rings is 8. The van der Waals surface area contributed by atoms with Crippen LogP contribution in [-0.4, -0.2) is 0 Å². The topological polar surface area (TPSA) is 12.5 Å². The largest absolute Gasteiger partial charge is 0.494 e. The molecular formula is C46H37NO. The van der Waals surface area contributed by atoms with Gasteiger partial charge in [0.05, 0.1) is 5.76 Å². The van der Waals surface area contributed by atoms with Crippen LogP contribution in [0.25, 0.3) is 49.2 Å². The van der Waals surface area contributed by atoms with E-state index < -0.39 is 0 Å². The number of aryl methyl sites for hydroxylation is 2. The van der Waals surface area contributed by atoms with E-state index >= 15 is 0 Å². The summed E-state index contributed by atoms with van der Waals surface area (Å²) in [5.41, 5.74) is 8.25. The summed E-state index contributed by atoms with van der Waals surface area (Å²) in [5.74, 6) is 0.897. The van der Waals surface area contributed by atoms with Crippen molar-refractivity contribution in [2.75, 3.05) is 4.90 Å². The van der Waals surface area contributed by atoms with Crippen molar-refractivity contribution >= 4 is 66.2 Å². The minimum Gasteiger partial charge on any atom is -0.494 e. The van der Waals surface area contributed by atoms with Gasteiger partial charge in [-0.25, -0.2) is 0 Å². The fourth-order valence-electron chi connectivity index (χ4n) is 6.76. The highest BCUT2D eigenvalue weighted by molar-refractivity contribution is 5.95. The van der Waals surface area contributed by atoms with E-state index in [4.69, 9.17) is 4.74 Å². The molecular weight excluding hydrogens is 583 g/mol. The van der Waals surface area contributed by atoms with Gasteiger partial charge in [-0.15, -0.1) is 0 Å². The molecule has 232 valence electrons. The molecule has 0 aliphatic rings. The lowest BCUT2D eigenvalue weighted by Gasteiger charge is -2.26. The van der Waals surface area contributed by atoms with Gasteiger partial charge < -0.3 is 9.64 Å². The molecule has 0 atom stereocenters. The highest BCUT2D eigenvalue weighted by Crippen LogP contribution is 2.39. The molecule has 0 aliphatic carbocycles. The molecule has 0 spiro atoms. The van der Waals surface area contributed by atoms with Crippen LogP contribution in [0.3, 0.4) is 0 Å². The Balaban J connectivity index is 1.10. The van der Waals surface area contributed by atoms with Crippen LogP contribution in [-0.2, 0) is 11.3 Å². The van der Waals surface area contributed by atoms with E-state index in [9.17, 15) is 0 Å². The van der Waals surface area contributed by atoms with Crippen molar-refractivity contribution in [3.05, 3.63) is 180 Å². The molecule has 0 fully saturated rings. The van der Waals surface area contributed by atoms with Gasteiger partial charge in [0.15, 0.2) is 0 Å². The Morgan fingerprint density at radius 2 is 1.00 bits per heavy atom. The summed E-state index contributed by atoms with van der Waals surface area (Å²) < 4.78 is 6.27. The summed E-state index contributed by atoms with van der Waals surface area (Å²) in [6.45, 7) is 6.89. The third-order valence-electron chi connectivity index (χ3n) is 9.36. The molecule has 0 N–H and O–H groups in total. The number of hydrogen-bond acceptors (Lipinski definition) is 2. The van der Waals surface area contributed by atoms with Crippen LogP contribution >= 0.6 is 0 Å². The highest BCUT2D eigenvalue weighted by atomic mass is 16.5. The molecule has 2 nitrogen and oxygen atoms in total. The number of anilines is 3. The molecule has 0 saturated heterocycles. The van der Waals surface area contributed by atoms with Crippen LogP contribution in [0.5, 0.6) is 0 Å². The average molecular weight is 620 g/mol. The van der Waals surface area contributed by atoms with E-state index in [1.807, 2.05) is 6.92 Å². The zero-order chi connectivity index (χ0) is 32.6. The van der Waals surface area contributed by atoms with Crippen LogP contribution < -0.4 is 4.90 Å². The van der Waals surface area contributed by atoms with Crippen molar-refractivity contribution < 1.29 is 4.74 Å². The predicted molar refractivity (Wildman–Crippen MR) is 206 cm³/mol. The Morgan fingerprint density at radius 3 is 1.65 bits per heavy atom. The first-order chi connectivity index (χ1) is 23.5. The van der Waals surface area contributed by atoms with Crippen molar-refractivity contribution in [2.24, 2.45) is 0 Å². The van der Waals surface area contributed by atoms with Crippen LogP contribution in [0.1, 0.15) is 29.2 Å². The van der Waals surface area contributed by atoms with E-state index in [1.165, 1.54) is 59.8 Å². The molecule has 48 heavy (non-hydrogen) atoms. The van der Waals surface area contributed by atoms with Gasteiger partial charge in [0, 0.05) is 17.1 Å². The maximum atomic E-state index is 6.27. The van der Waals surface area contributed by atoms with Gasteiger partial charge >= 0.3 is 0 Å². The van der Waals surface area contributed by atoms with Gasteiger partial charge in [0.25, 0.3) is 0 Å². The second-order valence-electron chi connectivity index (χ2n) is 12.9. The SMILES string of the molecule is CC(=Cc1ccc2cc(N(c3ccc4ccccc4c3)c3ccc4ccccc4c3)ccc2c1)OCc1cc2cc(C)ccc2cc1C. The first-order valence-corrected chi connectivity index (χ1v) is 16.6. The Kier molecular flexibility index (Phi) is 7.62. The Hall–Kier alpha value is -5.86. The Labute approximate surface area is 282 Å². The highest BCUT2D eigenvalue weighted by Gasteiger charge is 2.15. The normalized spacial score (nSPS) is 11.9. The van der Waals surface area contributed by atoms with Crippen molar-refractivity contribution in [1.82, 2.24) is 0 Å². The van der Waals surface area contributed by atoms with Crippen molar-refractivity contribution in [3.8, 4) is 0 Å². The van der Waals surface area contributed by atoms with Gasteiger partial charge in [-0.3, -0.25) is 0 Å². The minimum atomic E-state index is 0.550. The number of fused-ring (bicyclic) bond motifs is 4. The summed E-state index contributed by atoms with van der Waals surface area (Å²) in [7, 11) is 0. The number of nitrogens with zero attached hydrogens (tertiary/aromatic N) is 1. The molecule has 0 heterocycles. The maximum Gasteiger partial charge on any atom is 0.113 e. The molecule has 0 unspecified atom stereocenters. The maximum absolute atomic E-state index is 6.27. The van der Waals surface area contributed by atoms with Gasteiger partial charge in [0.1, 0.15) is 6.61 Å². The van der Waals surface area contributed by atoms with Gasteiger partial charge in [-0.1, -0.05) is 109 Å². The van der Waals surface area contributed by atoms with Crippen LogP contribution in [0.15, 0.2) is 157 Å². The first kappa shape index (κ1) is 29.5. The Bertz CT molecular complexity index is 2430. The Morgan fingerprint density at radius 1 is 0.500 bits per heavy atom. The number of rotatable bonds is 7. The van der Waals surface area contributed by atoms with Crippen LogP contribution in [0.2, 0.25) is 0 Å². The van der Waals surface area contributed by atoms with E-state index in [0.717, 1.165) is 28.4 Å². The van der Waals surface area contributed by atoms with Gasteiger partial charge in [-0.05, 0) is 135 Å². The molecule has 2 heteroatoms. The summed E-state index contributed by atoms with van der Waals surface area (Å²) in [6, 6.07) is 55.0. The molecule has 0 aliphatic heterocycles. The van der Waals surface area contributed by atoms with Crippen molar-refractivity contribution in [3.63, 3.8) is 0 Å². The minimum absolute atomic E-state index is 0.550. The first-order valence-electron chi connectivity index (χ1n) is 16.6. The number of allylic oxidation sites excluding steroid dienone is 1. The summed E-state index contributed by atoms with van der Waals surface area (Å²) in [5, 5.41) is 9.83. The fourth-order valence-corrected chi connectivity index (χ4v) is 6.76. The lowest BCUT2D eigenvalue weighted by molar-refractivity contribution is 0.203. The number of hydrogen-bond donors (Lipinski definition) is 0. The zero-order valence-corrected chi connectivity index (χ0v) is 27.6. The van der Waals surface area contributed by atoms with Crippen molar-refractivity contribution in [1.29, 1.82) is 0 Å². The zero-order valence-electron chi connectivity index (χ0n) is 27.6. The molecule has 8 rings (SSSR count). The third-order valence-corrected chi connectivity index (χ3v) is 9.36. The second-order valence-corrected chi connectivity index (χ2v) is 12.9. The molecule has 0 amide bonds. The van der Waals surface area contributed by atoms with Gasteiger partial charge in [0.2, 0.25) is 0 Å². The van der Waals surface area contributed by atoms with E-state index in [-0.39, 0.29) is 0 Å². The molecule has 0 bridgehead atoms. The lowest BCUT2D eigenvalue weighted by atomic mass is 10.0. The standard InChI is InChI=1S/C46H37NO/c1-31-12-14-39-23-32(2)43(26-42(39)22-31)30-48-33(3)24-34-13-15-41-29-46(21-18-40(41)25-34)47(44-19-16-35-8-4-6-10-37(35)27-44)45-20-17-36-9-5-7-11-38(36)28-45/h4-29H,30H2,1-3H3. The number of ether oxygens (including phenoxy) is 1. The van der Waals surface area contributed by atoms with Crippen LogP contribution in [0.4, 0.5) is 17.1 Å². The van der Waals surface area contributed by atoms with E-state index in [0.29, 0.717) is 6.61 Å². The fraction of sp³-hybridized carbons (Fsp3) is 0.0870. The molecule has 8 aromatic carbocycles. The second kappa shape index (κ2) is 12.4. The quantitative estimate of drug-likeness (QED) is 0.165. The third kappa shape index (κ3) is 5.89. The predicted octanol–water partition coefficient (Wildman–Crippen LogP) is 13.0. The molecule has 0 saturated carbocycles.